The van der Waals surface area contributed by atoms with E-state index in [1.54, 1.807) is 18.0 Å². The summed E-state index contributed by atoms with van der Waals surface area (Å²) in [5, 5.41) is 4.11. The van der Waals surface area contributed by atoms with Crippen molar-refractivity contribution in [1.82, 2.24) is 24.7 Å². The van der Waals surface area contributed by atoms with Gasteiger partial charge in [-0.25, -0.2) is 4.39 Å². The molecule has 3 aromatic rings. The van der Waals surface area contributed by atoms with Crippen LogP contribution in [0, 0.1) is 24.6 Å². The summed E-state index contributed by atoms with van der Waals surface area (Å²) in [5.74, 6) is 0.528. The summed E-state index contributed by atoms with van der Waals surface area (Å²) in [5.41, 5.74) is 4.29. The minimum absolute atomic E-state index is 0.00390. The molecule has 7 nitrogen and oxygen atoms in total. The summed E-state index contributed by atoms with van der Waals surface area (Å²) in [6, 6.07) is 4.45. The Labute approximate surface area is 224 Å². The standard InChI is InChI=1S/C30H38FN5O2/c1-19(2)34(4)30(38)25-13-24(31)5-6-26(25)36-18-23(29-20(3)14-32-16-27(29)36)11-21-7-9-35(10-8-21)17-22-12-28(37)33-15-22/h5-6,13-14,16,18-19,21-22H,7-12,15,17H2,1-4H3,(H,33,37)/t22-/m1/s1. The third-order valence-electron chi connectivity index (χ3n) is 8.32. The molecule has 0 spiro atoms. The number of hydrogen-bond acceptors (Lipinski definition) is 4. The molecule has 38 heavy (non-hydrogen) atoms. The molecule has 0 unspecified atom stereocenters. The fourth-order valence-electron chi connectivity index (χ4n) is 5.95. The van der Waals surface area contributed by atoms with Gasteiger partial charge in [-0.2, -0.15) is 0 Å². The molecule has 0 saturated carbocycles. The molecule has 2 amide bonds. The van der Waals surface area contributed by atoms with Crippen molar-refractivity contribution in [2.75, 3.05) is 33.2 Å². The van der Waals surface area contributed by atoms with Crippen LogP contribution in [0.3, 0.4) is 0 Å². The molecule has 2 fully saturated rings. The lowest BCUT2D eigenvalue weighted by Gasteiger charge is -2.33. The normalized spacial score (nSPS) is 18.9. The monoisotopic (exact) mass is 519 g/mol. The summed E-state index contributed by atoms with van der Waals surface area (Å²) in [6.07, 6.45) is 9.68. The molecule has 2 aromatic heterocycles. The molecular weight excluding hydrogens is 481 g/mol. The predicted octanol–water partition coefficient (Wildman–Crippen LogP) is 4.34. The lowest BCUT2D eigenvalue weighted by atomic mass is 9.89. The van der Waals surface area contributed by atoms with Gasteiger partial charge in [0.2, 0.25) is 5.91 Å². The number of carbonyl (C=O) groups is 2. The van der Waals surface area contributed by atoms with Crippen LogP contribution in [0.15, 0.2) is 36.8 Å². The van der Waals surface area contributed by atoms with Crippen LogP contribution in [0.2, 0.25) is 0 Å². The van der Waals surface area contributed by atoms with E-state index in [9.17, 15) is 14.0 Å². The molecule has 5 rings (SSSR count). The van der Waals surface area contributed by atoms with Crippen LogP contribution >= 0.6 is 0 Å². The van der Waals surface area contributed by atoms with Gasteiger partial charge in [-0.1, -0.05) is 0 Å². The zero-order valence-corrected chi connectivity index (χ0v) is 22.8. The molecule has 4 heterocycles. The number of aryl methyl sites for hydroxylation is 1. The molecule has 1 N–H and O–H groups in total. The lowest BCUT2D eigenvalue weighted by Crippen LogP contribution is -2.38. The van der Waals surface area contributed by atoms with Crippen LogP contribution < -0.4 is 5.32 Å². The number of nitrogens with one attached hydrogen (secondary N) is 1. The number of carbonyl (C=O) groups excluding carboxylic acids is 2. The van der Waals surface area contributed by atoms with Gasteiger partial charge < -0.3 is 19.7 Å². The van der Waals surface area contributed by atoms with Crippen molar-refractivity contribution < 1.29 is 14.0 Å². The summed E-state index contributed by atoms with van der Waals surface area (Å²) in [7, 11) is 1.75. The number of pyridine rings is 1. The fourth-order valence-corrected chi connectivity index (χ4v) is 5.95. The molecule has 1 aromatic carbocycles. The minimum atomic E-state index is -0.426. The lowest BCUT2D eigenvalue weighted by molar-refractivity contribution is -0.119. The highest BCUT2D eigenvalue weighted by Crippen LogP contribution is 2.33. The second kappa shape index (κ2) is 10.8. The van der Waals surface area contributed by atoms with Gasteiger partial charge in [0.15, 0.2) is 0 Å². The number of nitrogens with zero attached hydrogens (tertiary/aromatic N) is 4. The first-order valence-electron chi connectivity index (χ1n) is 13.7. The Bertz CT molecular complexity index is 1340. The molecule has 0 aliphatic carbocycles. The molecule has 2 saturated heterocycles. The Morgan fingerprint density at radius 3 is 2.66 bits per heavy atom. The first-order chi connectivity index (χ1) is 18.2. The quantitative estimate of drug-likeness (QED) is 0.504. The van der Waals surface area contributed by atoms with Crippen LogP contribution in [0.5, 0.6) is 0 Å². The first kappa shape index (κ1) is 26.4. The predicted molar refractivity (Wildman–Crippen MR) is 147 cm³/mol. The Morgan fingerprint density at radius 1 is 1.21 bits per heavy atom. The van der Waals surface area contributed by atoms with Crippen molar-refractivity contribution in [2.45, 2.75) is 52.5 Å². The second-order valence-corrected chi connectivity index (χ2v) is 11.4. The largest absolute Gasteiger partial charge is 0.356 e. The fraction of sp³-hybridized carbons (Fsp3) is 0.500. The molecule has 202 valence electrons. The molecular formula is C30H38FN5O2. The average Bonchev–Trinajstić information content (AvgIpc) is 3.47. The van der Waals surface area contributed by atoms with Crippen LogP contribution in [0.25, 0.3) is 16.6 Å². The summed E-state index contributed by atoms with van der Waals surface area (Å²) in [4.78, 5) is 33.5. The van der Waals surface area contributed by atoms with E-state index in [0.29, 0.717) is 29.5 Å². The van der Waals surface area contributed by atoms with E-state index in [2.05, 4.69) is 28.3 Å². The van der Waals surface area contributed by atoms with E-state index >= 15 is 0 Å². The highest BCUT2D eigenvalue weighted by atomic mass is 19.1. The highest BCUT2D eigenvalue weighted by molar-refractivity contribution is 5.99. The number of likely N-dealkylation sites (tertiary alicyclic amines) is 1. The topological polar surface area (TPSA) is 70.5 Å². The first-order valence-corrected chi connectivity index (χ1v) is 13.7. The SMILES string of the molecule is Cc1cncc2c1c(CC1CCN(C[C@H]3CNC(=O)C3)CC1)cn2-c1ccc(F)cc1C(=O)N(C)C(C)C. The Kier molecular flexibility index (Phi) is 7.52. The van der Waals surface area contributed by atoms with Crippen molar-refractivity contribution >= 4 is 22.7 Å². The van der Waals surface area contributed by atoms with E-state index in [0.717, 1.165) is 61.9 Å². The van der Waals surface area contributed by atoms with E-state index in [1.165, 1.54) is 17.7 Å². The smallest absolute Gasteiger partial charge is 0.256 e. The minimum Gasteiger partial charge on any atom is -0.356 e. The van der Waals surface area contributed by atoms with Crippen molar-refractivity contribution in [2.24, 2.45) is 11.8 Å². The maximum Gasteiger partial charge on any atom is 0.256 e. The Balaban J connectivity index is 1.41. The maximum atomic E-state index is 14.3. The van der Waals surface area contributed by atoms with Gasteiger partial charge in [0.25, 0.3) is 5.91 Å². The van der Waals surface area contributed by atoms with Crippen LogP contribution in [-0.4, -0.2) is 70.4 Å². The van der Waals surface area contributed by atoms with Gasteiger partial charge in [-0.15, -0.1) is 0 Å². The van der Waals surface area contributed by atoms with E-state index < -0.39 is 5.82 Å². The van der Waals surface area contributed by atoms with Gasteiger partial charge in [0.05, 0.1) is 23.0 Å². The molecule has 1 atom stereocenters. The van der Waals surface area contributed by atoms with Crippen molar-refractivity contribution in [1.29, 1.82) is 0 Å². The second-order valence-electron chi connectivity index (χ2n) is 11.4. The summed E-state index contributed by atoms with van der Waals surface area (Å²) >= 11 is 0. The Hall–Kier alpha value is -3.26. The van der Waals surface area contributed by atoms with E-state index in [4.69, 9.17) is 0 Å². The molecule has 0 radical (unpaired) electrons. The average molecular weight is 520 g/mol. The highest BCUT2D eigenvalue weighted by Gasteiger charge is 2.28. The number of piperidine rings is 1. The van der Waals surface area contributed by atoms with Crippen molar-refractivity contribution in [3.63, 3.8) is 0 Å². The molecule has 0 bridgehead atoms. The number of aromatic nitrogens is 2. The number of amides is 2. The molecule has 8 heteroatoms. The number of hydrogen-bond donors (Lipinski definition) is 1. The van der Waals surface area contributed by atoms with Gasteiger partial charge in [-0.05, 0) is 94.3 Å². The summed E-state index contributed by atoms with van der Waals surface area (Å²) in [6.45, 7) is 9.85. The van der Waals surface area contributed by atoms with Gasteiger partial charge in [-0.3, -0.25) is 14.6 Å². The third kappa shape index (κ3) is 5.32. The van der Waals surface area contributed by atoms with Crippen LogP contribution in [0.4, 0.5) is 4.39 Å². The Morgan fingerprint density at radius 2 is 1.97 bits per heavy atom. The van der Waals surface area contributed by atoms with E-state index in [1.807, 2.05) is 30.8 Å². The molecule has 2 aliphatic heterocycles. The van der Waals surface area contributed by atoms with Crippen LogP contribution in [0.1, 0.15) is 54.6 Å². The number of benzene rings is 1. The summed E-state index contributed by atoms with van der Waals surface area (Å²) < 4.78 is 16.4. The van der Waals surface area contributed by atoms with Gasteiger partial charge >= 0.3 is 0 Å². The third-order valence-corrected chi connectivity index (χ3v) is 8.32. The van der Waals surface area contributed by atoms with Gasteiger partial charge in [0.1, 0.15) is 5.82 Å². The number of rotatable bonds is 7. The zero-order valence-electron chi connectivity index (χ0n) is 22.8. The zero-order chi connectivity index (χ0) is 27.0. The van der Waals surface area contributed by atoms with E-state index in [-0.39, 0.29) is 17.9 Å². The van der Waals surface area contributed by atoms with Crippen molar-refractivity contribution in [3.05, 3.63) is 59.3 Å². The van der Waals surface area contributed by atoms with Crippen LogP contribution in [-0.2, 0) is 11.2 Å². The molecule has 2 aliphatic rings. The van der Waals surface area contributed by atoms with Gasteiger partial charge in [0, 0.05) is 50.4 Å². The van der Waals surface area contributed by atoms with Crippen molar-refractivity contribution in [3.8, 4) is 5.69 Å². The number of fused-ring (bicyclic) bond motifs is 1. The maximum absolute atomic E-state index is 14.3. The number of halogens is 1.